The van der Waals surface area contributed by atoms with Gasteiger partial charge in [0, 0.05) is 18.7 Å². The highest BCUT2D eigenvalue weighted by Crippen LogP contribution is 2.16. The first-order valence-electron chi connectivity index (χ1n) is 8.67. The van der Waals surface area contributed by atoms with Crippen molar-refractivity contribution >= 4 is 18.0 Å². The van der Waals surface area contributed by atoms with Crippen LogP contribution < -0.4 is 9.47 Å². The predicted molar refractivity (Wildman–Crippen MR) is 101 cm³/mol. The Morgan fingerprint density at radius 2 is 1.59 bits per heavy atom. The number of hydrogen-bond donors (Lipinski definition) is 0. The number of carbonyl (C=O) groups excluding carboxylic acids is 2. The molecule has 140 valence electrons. The van der Waals surface area contributed by atoms with Crippen LogP contribution in [0.5, 0.6) is 11.5 Å². The number of methoxy groups -OCH3 is 1. The van der Waals surface area contributed by atoms with Gasteiger partial charge in [-0.15, -0.1) is 0 Å². The minimum Gasteiger partial charge on any atom is -0.497 e. The number of amides is 1. The molecule has 6 nitrogen and oxygen atoms in total. The predicted octanol–water partition coefficient (Wildman–Crippen LogP) is 3.42. The van der Waals surface area contributed by atoms with Gasteiger partial charge in [-0.05, 0) is 48.0 Å². The Balaban J connectivity index is 1.57. The Morgan fingerprint density at radius 1 is 0.963 bits per heavy atom. The van der Waals surface area contributed by atoms with Gasteiger partial charge in [-0.1, -0.05) is 18.2 Å². The number of carbonyl (C=O) groups is 2. The maximum atomic E-state index is 12.3. The first-order chi connectivity index (χ1) is 13.2. The molecule has 0 unspecified atom stereocenters. The molecule has 2 aromatic carbocycles. The Labute approximate surface area is 158 Å². The zero-order chi connectivity index (χ0) is 19.1. The molecule has 0 bridgehead atoms. The van der Waals surface area contributed by atoms with Gasteiger partial charge in [0.05, 0.1) is 20.3 Å². The highest BCUT2D eigenvalue weighted by Gasteiger charge is 2.18. The molecule has 0 saturated carbocycles. The number of nitrogens with zero attached hydrogens (tertiary/aromatic N) is 1. The Morgan fingerprint density at radius 3 is 2.22 bits per heavy atom. The fourth-order valence-electron chi connectivity index (χ4n) is 2.58. The molecular weight excluding hydrogens is 346 g/mol. The van der Waals surface area contributed by atoms with Gasteiger partial charge in [0.1, 0.15) is 11.5 Å². The van der Waals surface area contributed by atoms with Crippen LogP contribution in [0.4, 0.5) is 4.79 Å². The van der Waals surface area contributed by atoms with Gasteiger partial charge in [0.25, 0.3) is 0 Å². The summed E-state index contributed by atoms with van der Waals surface area (Å²) in [5, 5.41) is 0. The average Bonchev–Trinajstić information content (AvgIpc) is 2.73. The van der Waals surface area contributed by atoms with Crippen LogP contribution in [0.25, 0.3) is 6.08 Å². The van der Waals surface area contributed by atoms with E-state index < -0.39 is 6.09 Å². The normalized spacial score (nSPS) is 14.2. The van der Waals surface area contributed by atoms with Gasteiger partial charge in [0.15, 0.2) is 5.78 Å². The van der Waals surface area contributed by atoms with Gasteiger partial charge < -0.3 is 19.1 Å². The third kappa shape index (κ3) is 5.18. The molecule has 1 aliphatic rings. The van der Waals surface area contributed by atoms with E-state index in [0.29, 0.717) is 37.6 Å². The van der Waals surface area contributed by atoms with E-state index in [0.717, 1.165) is 11.3 Å². The van der Waals surface area contributed by atoms with E-state index >= 15 is 0 Å². The molecular formula is C21H21NO5. The maximum Gasteiger partial charge on any atom is 0.415 e. The molecule has 0 radical (unpaired) electrons. The van der Waals surface area contributed by atoms with Gasteiger partial charge in [-0.25, -0.2) is 4.79 Å². The fraction of sp³-hybridized carbons (Fsp3) is 0.238. The van der Waals surface area contributed by atoms with Crippen molar-refractivity contribution in [1.82, 2.24) is 4.90 Å². The SMILES string of the molecule is COc1ccc(/C=C/C(=O)c2ccc(OC(=O)N3CCOCC3)cc2)cc1. The Kier molecular flexibility index (Phi) is 6.22. The van der Waals surface area contributed by atoms with Crippen LogP contribution in [0.15, 0.2) is 54.6 Å². The third-order valence-electron chi connectivity index (χ3n) is 4.16. The summed E-state index contributed by atoms with van der Waals surface area (Å²) in [7, 11) is 1.61. The van der Waals surface area contributed by atoms with Crippen LogP contribution >= 0.6 is 0 Å². The number of hydrogen-bond acceptors (Lipinski definition) is 5. The average molecular weight is 367 g/mol. The first-order valence-corrected chi connectivity index (χ1v) is 8.67. The monoisotopic (exact) mass is 367 g/mol. The van der Waals surface area contributed by atoms with Crippen molar-refractivity contribution < 1.29 is 23.8 Å². The van der Waals surface area contributed by atoms with Crippen molar-refractivity contribution in [3.05, 3.63) is 65.7 Å². The number of benzene rings is 2. The van der Waals surface area contributed by atoms with Crippen LogP contribution in [-0.2, 0) is 4.74 Å². The minimum atomic E-state index is -0.406. The van der Waals surface area contributed by atoms with Gasteiger partial charge in [0.2, 0.25) is 0 Å². The molecule has 1 amide bonds. The molecule has 3 rings (SSSR count). The molecule has 0 N–H and O–H groups in total. The second-order valence-electron chi connectivity index (χ2n) is 5.96. The molecule has 1 aliphatic heterocycles. The van der Waals surface area contributed by atoms with Crippen LogP contribution in [0.2, 0.25) is 0 Å². The number of morpholine rings is 1. The summed E-state index contributed by atoms with van der Waals surface area (Å²) in [5.74, 6) is 1.04. The fourth-order valence-corrected chi connectivity index (χ4v) is 2.58. The van der Waals surface area contributed by atoms with E-state index in [1.54, 1.807) is 42.4 Å². The largest absolute Gasteiger partial charge is 0.497 e. The van der Waals surface area contributed by atoms with Crippen LogP contribution in [-0.4, -0.2) is 50.2 Å². The van der Waals surface area contributed by atoms with Gasteiger partial charge in [-0.2, -0.15) is 0 Å². The van der Waals surface area contributed by atoms with Crippen LogP contribution in [0.1, 0.15) is 15.9 Å². The summed E-state index contributed by atoms with van der Waals surface area (Å²) in [6.45, 7) is 2.07. The molecule has 0 spiro atoms. The smallest absolute Gasteiger partial charge is 0.415 e. The molecule has 27 heavy (non-hydrogen) atoms. The van der Waals surface area contributed by atoms with E-state index in [2.05, 4.69) is 0 Å². The van der Waals surface area contributed by atoms with Crippen molar-refractivity contribution in [3.8, 4) is 11.5 Å². The van der Waals surface area contributed by atoms with Crippen molar-refractivity contribution in [2.75, 3.05) is 33.4 Å². The van der Waals surface area contributed by atoms with Crippen molar-refractivity contribution in [2.24, 2.45) is 0 Å². The molecule has 1 heterocycles. The quantitative estimate of drug-likeness (QED) is 0.598. The van der Waals surface area contributed by atoms with Crippen LogP contribution in [0, 0.1) is 0 Å². The van der Waals surface area contributed by atoms with E-state index in [1.807, 2.05) is 24.3 Å². The lowest BCUT2D eigenvalue weighted by Gasteiger charge is -2.25. The van der Waals surface area contributed by atoms with E-state index in [9.17, 15) is 9.59 Å². The maximum absolute atomic E-state index is 12.3. The molecule has 0 atom stereocenters. The summed E-state index contributed by atoms with van der Waals surface area (Å²) < 4.78 is 15.6. The molecule has 1 fully saturated rings. The van der Waals surface area contributed by atoms with Gasteiger partial charge in [-0.3, -0.25) is 4.79 Å². The zero-order valence-corrected chi connectivity index (χ0v) is 15.1. The summed E-state index contributed by atoms with van der Waals surface area (Å²) in [6, 6.07) is 13.9. The van der Waals surface area contributed by atoms with E-state index in [4.69, 9.17) is 14.2 Å². The Hall–Kier alpha value is -3.12. The van der Waals surface area contributed by atoms with E-state index in [1.165, 1.54) is 6.08 Å². The number of ether oxygens (including phenoxy) is 3. The number of allylic oxidation sites excluding steroid dienone is 1. The minimum absolute atomic E-state index is 0.128. The van der Waals surface area contributed by atoms with Crippen molar-refractivity contribution in [3.63, 3.8) is 0 Å². The summed E-state index contributed by atoms with van der Waals surface area (Å²) >= 11 is 0. The van der Waals surface area contributed by atoms with Gasteiger partial charge >= 0.3 is 6.09 Å². The lowest BCUT2D eigenvalue weighted by Crippen LogP contribution is -2.42. The third-order valence-corrected chi connectivity index (χ3v) is 4.16. The highest BCUT2D eigenvalue weighted by molar-refractivity contribution is 6.06. The second-order valence-corrected chi connectivity index (χ2v) is 5.96. The lowest BCUT2D eigenvalue weighted by molar-refractivity contribution is 0.0416. The molecule has 0 aliphatic carbocycles. The first kappa shape index (κ1) is 18.7. The summed E-state index contributed by atoms with van der Waals surface area (Å²) in [5.41, 5.74) is 1.42. The highest BCUT2D eigenvalue weighted by atomic mass is 16.6. The molecule has 6 heteroatoms. The summed E-state index contributed by atoms with van der Waals surface area (Å²) in [4.78, 5) is 25.9. The summed E-state index contributed by atoms with van der Waals surface area (Å²) in [6.07, 6.45) is 2.85. The molecule has 2 aromatic rings. The molecule has 0 aromatic heterocycles. The zero-order valence-electron chi connectivity index (χ0n) is 15.1. The second kappa shape index (κ2) is 9.00. The van der Waals surface area contributed by atoms with Crippen molar-refractivity contribution in [1.29, 1.82) is 0 Å². The van der Waals surface area contributed by atoms with Crippen molar-refractivity contribution in [2.45, 2.75) is 0 Å². The van der Waals surface area contributed by atoms with E-state index in [-0.39, 0.29) is 5.78 Å². The molecule has 1 saturated heterocycles. The Bertz CT molecular complexity index is 805. The number of ketones is 1. The standard InChI is InChI=1S/C21H21NO5/c1-25-18-7-2-16(3-8-18)4-11-20(23)17-5-9-19(10-6-17)27-21(24)22-12-14-26-15-13-22/h2-11H,12-15H2,1H3/b11-4+. The number of rotatable bonds is 5. The van der Waals surface area contributed by atoms with Crippen LogP contribution in [0.3, 0.4) is 0 Å². The topological polar surface area (TPSA) is 65.1 Å². The lowest BCUT2D eigenvalue weighted by atomic mass is 10.1.